The van der Waals surface area contributed by atoms with Crippen molar-refractivity contribution in [3.05, 3.63) is 34.6 Å². The Labute approximate surface area is 120 Å². The van der Waals surface area contributed by atoms with Gasteiger partial charge in [0.2, 0.25) is 0 Å². The molecule has 1 aromatic rings. The van der Waals surface area contributed by atoms with Gasteiger partial charge in [0.1, 0.15) is 5.82 Å². The summed E-state index contributed by atoms with van der Waals surface area (Å²) in [6.07, 6.45) is 1.55. The smallest absolute Gasteiger partial charge is 0.254 e. The molecule has 2 nitrogen and oxygen atoms in total. The fourth-order valence-corrected chi connectivity index (χ4v) is 2.60. The van der Waals surface area contributed by atoms with Crippen LogP contribution in [-0.2, 0) is 0 Å². The van der Waals surface area contributed by atoms with Crippen molar-refractivity contribution in [3.63, 3.8) is 0 Å². The van der Waals surface area contributed by atoms with Gasteiger partial charge in [-0.15, -0.1) is 0 Å². The van der Waals surface area contributed by atoms with Crippen molar-refractivity contribution in [1.29, 1.82) is 0 Å². The van der Waals surface area contributed by atoms with Crippen LogP contribution in [-0.4, -0.2) is 16.8 Å². The molecular formula is C13H16BrClFNO. The summed E-state index contributed by atoms with van der Waals surface area (Å²) in [6, 6.07) is 3.96. The Morgan fingerprint density at radius 3 is 2.78 bits per heavy atom. The molecule has 0 bridgehead atoms. The third kappa shape index (κ3) is 3.95. The monoisotopic (exact) mass is 335 g/mol. The van der Waals surface area contributed by atoms with E-state index in [9.17, 15) is 9.18 Å². The molecule has 100 valence electrons. The summed E-state index contributed by atoms with van der Waals surface area (Å²) >= 11 is 9.12. The zero-order valence-electron chi connectivity index (χ0n) is 10.4. The number of nitrogens with one attached hydrogen (secondary N) is 1. The quantitative estimate of drug-likeness (QED) is 0.804. The molecule has 5 heteroatoms. The number of carbonyl (C=O) groups excluding carboxylic acids is 1. The van der Waals surface area contributed by atoms with Gasteiger partial charge in [-0.25, -0.2) is 4.39 Å². The van der Waals surface area contributed by atoms with E-state index in [1.54, 1.807) is 0 Å². The van der Waals surface area contributed by atoms with Gasteiger partial charge in [-0.05, 0) is 38.0 Å². The first-order chi connectivity index (χ1) is 8.41. The van der Waals surface area contributed by atoms with Crippen LogP contribution in [0.4, 0.5) is 4.39 Å². The summed E-state index contributed by atoms with van der Waals surface area (Å²) in [7, 11) is 0. The number of hydrogen-bond donors (Lipinski definition) is 1. The van der Waals surface area contributed by atoms with Crippen LogP contribution in [0.15, 0.2) is 18.2 Å². The number of amides is 1. The lowest BCUT2D eigenvalue weighted by atomic mass is 9.95. The van der Waals surface area contributed by atoms with E-state index >= 15 is 0 Å². The van der Waals surface area contributed by atoms with Gasteiger partial charge in [0.05, 0.1) is 5.56 Å². The second-order valence-corrected chi connectivity index (χ2v) is 5.66. The zero-order valence-corrected chi connectivity index (χ0v) is 12.7. The lowest BCUT2D eigenvalue weighted by molar-refractivity contribution is 0.0897. The van der Waals surface area contributed by atoms with Crippen LogP contribution < -0.4 is 5.32 Å². The first kappa shape index (κ1) is 15.4. The second-order valence-electron chi connectivity index (χ2n) is 4.43. The Bertz CT molecular complexity index is 441. The minimum atomic E-state index is -0.561. The average molecular weight is 337 g/mol. The molecule has 1 amide bonds. The van der Waals surface area contributed by atoms with Crippen molar-refractivity contribution in [2.45, 2.75) is 32.2 Å². The third-order valence-corrected chi connectivity index (χ3v) is 3.65. The number of benzene rings is 1. The molecule has 0 saturated heterocycles. The maximum atomic E-state index is 13.6. The van der Waals surface area contributed by atoms with Gasteiger partial charge in [-0.3, -0.25) is 4.79 Å². The van der Waals surface area contributed by atoms with Gasteiger partial charge in [-0.1, -0.05) is 34.5 Å². The van der Waals surface area contributed by atoms with Gasteiger partial charge in [-0.2, -0.15) is 0 Å². The van der Waals surface area contributed by atoms with Crippen molar-refractivity contribution in [2.75, 3.05) is 5.33 Å². The highest BCUT2D eigenvalue weighted by atomic mass is 79.9. The number of carbonyl (C=O) groups is 1. The van der Waals surface area contributed by atoms with Crippen LogP contribution in [0.1, 0.15) is 37.0 Å². The molecule has 0 radical (unpaired) electrons. The number of rotatable bonds is 5. The predicted octanol–water partition coefficient (Wildman–Crippen LogP) is 4.16. The summed E-state index contributed by atoms with van der Waals surface area (Å²) < 4.78 is 13.6. The molecule has 1 unspecified atom stereocenters. The highest BCUT2D eigenvalue weighted by Crippen LogP contribution is 2.19. The van der Waals surface area contributed by atoms with Crippen LogP contribution in [0.25, 0.3) is 0 Å². The molecule has 0 aliphatic carbocycles. The van der Waals surface area contributed by atoms with Gasteiger partial charge in [0, 0.05) is 15.9 Å². The van der Waals surface area contributed by atoms with Crippen molar-refractivity contribution >= 4 is 33.4 Å². The maximum absolute atomic E-state index is 13.6. The minimum absolute atomic E-state index is 0.0169. The molecule has 0 spiro atoms. The third-order valence-electron chi connectivity index (χ3n) is 3.01. The van der Waals surface area contributed by atoms with Crippen molar-refractivity contribution in [2.24, 2.45) is 0 Å². The van der Waals surface area contributed by atoms with Crippen LogP contribution in [0.5, 0.6) is 0 Å². The average Bonchev–Trinajstić information content (AvgIpc) is 2.32. The van der Waals surface area contributed by atoms with Crippen LogP contribution >= 0.6 is 27.5 Å². The highest BCUT2D eigenvalue weighted by Gasteiger charge is 2.25. The molecule has 0 saturated carbocycles. The second kappa shape index (κ2) is 6.53. The molecule has 1 aromatic carbocycles. The van der Waals surface area contributed by atoms with E-state index in [4.69, 9.17) is 11.6 Å². The maximum Gasteiger partial charge on any atom is 0.254 e. The topological polar surface area (TPSA) is 29.1 Å². The van der Waals surface area contributed by atoms with E-state index in [0.717, 1.165) is 18.2 Å². The Morgan fingerprint density at radius 2 is 2.22 bits per heavy atom. The molecule has 1 atom stereocenters. The van der Waals surface area contributed by atoms with Crippen LogP contribution in [0, 0.1) is 5.82 Å². The van der Waals surface area contributed by atoms with Gasteiger partial charge in [0.25, 0.3) is 5.91 Å². The molecule has 0 fully saturated rings. The van der Waals surface area contributed by atoms with E-state index in [0.29, 0.717) is 5.02 Å². The summed E-state index contributed by atoms with van der Waals surface area (Å²) in [5.41, 5.74) is -0.369. The fraction of sp³-hybridized carbons (Fsp3) is 0.462. The molecule has 18 heavy (non-hydrogen) atoms. The summed E-state index contributed by atoms with van der Waals surface area (Å²) in [5.74, 6) is -0.991. The van der Waals surface area contributed by atoms with Crippen molar-refractivity contribution in [3.8, 4) is 0 Å². The molecule has 0 aliphatic heterocycles. The summed E-state index contributed by atoms with van der Waals surface area (Å²) in [5, 5.41) is 3.98. The summed E-state index contributed by atoms with van der Waals surface area (Å²) in [4.78, 5) is 12.0. The Kier molecular flexibility index (Phi) is 5.60. The van der Waals surface area contributed by atoms with E-state index in [2.05, 4.69) is 21.2 Å². The molecule has 0 heterocycles. The summed E-state index contributed by atoms with van der Waals surface area (Å²) in [6.45, 7) is 3.92. The molecular weight excluding hydrogens is 321 g/mol. The van der Waals surface area contributed by atoms with E-state index in [-0.39, 0.29) is 11.1 Å². The first-order valence-corrected chi connectivity index (χ1v) is 7.25. The lowest BCUT2D eigenvalue weighted by Gasteiger charge is -2.29. The fourth-order valence-electron chi connectivity index (χ4n) is 1.55. The van der Waals surface area contributed by atoms with Crippen LogP contribution in [0.3, 0.4) is 0 Å². The van der Waals surface area contributed by atoms with Crippen molar-refractivity contribution < 1.29 is 9.18 Å². The molecule has 0 aromatic heterocycles. The Morgan fingerprint density at radius 1 is 1.56 bits per heavy atom. The predicted molar refractivity (Wildman–Crippen MR) is 76.0 cm³/mol. The van der Waals surface area contributed by atoms with Gasteiger partial charge in [0.15, 0.2) is 0 Å². The molecule has 1 rings (SSSR count). The zero-order chi connectivity index (χ0) is 13.8. The van der Waals surface area contributed by atoms with E-state index < -0.39 is 11.7 Å². The standard InChI is InChI=1S/C13H16BrClFNO/c1-3-13(2,6-7-14)17-12(18)10-8-9(15)4-5-11(10)16/h4-5,8H,3,6-7H2,1-2H3,(H,17,18). The lowest BCUT2D eigenvalue weighted by Crippen LogP contribution is -2.46. The largest absolute Gasteiger partial charge is 0.347 e. The van der Waals surface area contributed by atoms with Gasteiger partial charge < -0.3 is 5.32 Å². The highest BCUT2D eigenvalue weighted by molar-refractivity contribution is 9.09. The number of alkyl halides is 1. The normalized spacial score (nSPS) is 14.1. The van der Waals surface area contributed by atoms with Crippen LogP contribution in [0.2, 0.25) is 5.02 Å². The van der Waals surface area contributed by atoms with E-state index in [1.165, 1.54) is 18.2 Å². The Balaban J connectivity index is 2.90. The number of halogens is 3. The molecule has 1 N–H and O–H groups in total. The van der Waals surface area contributed by atoms with E-state index in [1.807, 2.05) is 13.8 Å². The van der Waals surface area contributed by atoms with Gasteiger partial charge >= 0.3 is 0 Å². The van der Waals surface area contributed by atoms with Crippen molar-refractivity contribution in [1.82, 2.24) is 5.32 Å². The SMILES string of the molecule is CCC(C)(CCBr)NC(=O)c1cc(Cl)ccc1F. The number of hydrogen-bond acceptors (Lipinski definition) is 1. The Hall–Kier alpha value is -0.610. The first-order valence-electron chi connectivity index (χ1n) is 5.75. The minimum Gasteiger partial charge on any atom is -0.347 e. The molecule has 0 aliphatic rings.